The van der Waals surface area contributed by atoms with Crippen LogP contribution in [0.2, 0.25) is 0 Å². The van der Waals surface area contributed by atoms with Crippen LogP contribution in [0.1, 0.15) is 28.6 Å². The van der Waals surface area contributed by atoms with Gasteiger partial charge in [-0.05, 0) is 12.1 Å². The zero-order valence-electron chi connectivity index (χ0n) is 10.1. The molecule has 1 heterocycles. The van der Waals surface area contributed by atoms with Crippen LogP contribution in [-0.2, 0) is 4.84 Å². The molecule has 1 unspecified atom stereocenters. The Labute approximate surface area is 106 Å². The summed E-state index contributed by atoms with van der Waals surface area (Å²) in [6.07, 6.45) is 1.86. The number of hydrogen-bond donors (Lipinski definition) is 1. The van der Waals surface area contributed by atoms with Gasteiger partial charge in [-0.2, -0.15) is 5.48 Å². The molecule has 2 aromatic rings. The number of ketones is 1. The molecule has 0 saturated carbocycles. The summed E-state index contributed by atoms with van der Waals surface area (Å²) in [5, 5.41) is 0. The summed E-state index contributed by atoms with van der Waals surface area (Å²) in [6, 6.07) is 12.5. The quantitative estimate of drug-likeness (QED) is 0.628. The minimum atomic E-state index is -0.280. The number of carbonyl (C=O) groups is 1. The van der Waals surface area contributed by atoms with Gasteiger partial charge in [0.05, 0.1) is 19.4 Å². The summed E-state index contributed by atoms with van der Waals surface area (Å²) >= 11 is 0. The van der Waals surface area contributed by atoms with Crippen molar-refractivity contribution in [3.05, 3.63) is 60.1 Å². The number of Topliss-reactive ketones (excluding diaryl/α,β-unsaturated/α-hetero) is 1. The molecule has 18 heavy (non-hydrogen) atoms. The van der Waals surface area contributed by atoms with Crippen LogP contribution < -0.4 is 5.48 Å². The number of rotatable bonds is 6. The first-order valence-electron chi connectivity index (χ1n) is 5.71. The van der Waals surface area contributed by atoms with Crippen LogP contribution >= 0.6 is 0 Å². The Balaban J connectivity index is 2.08. The molecule has 0 radical (unpaired) electrons. The van der Waals surface area contributed by atoms with E-state index in [0.29, 0.717) is 11.3 Å². The second-order valence-corrected chi connectivity index (χ2v) is 3.88. The molecule has 0 amide bonds. The van der Waals surface area contributed by atoms with Crippen molar-refractivity contribution in [1.82, 2.24) is 5.48 Å². The minimum absolute atomic E-state index is 0.0431. The highest BCUT2D eigenvalue weighted by Crippen LogP contribution is 2.19. The predicted molar refractivity (Wildman–Crippen MR) is 67.0 cm³/mol. The van der Waals surface area contributed by atoms with Crippen molar-refractivity contribution in [2.24, 2.45) is 0 Å². The summed E-state index contributed by atoms with van der Waals surface area (Å²) in [6.45, 7) is 0. The Bertz CT molecular complexity index is 479. The fourth-order valence-corrected chi connectivity index (χ4v) is 1.76. The average molecular weight is 245 g/mol. The van der Waals surface area contributed by atoms with Crippen molar-refractivity contribution >= 4 is 5.78 Å². The third-order valence-corrected chi connectivity index (χ3v) is 2.63. The van der Waals surface area contributed by atoms with E-state index in [2.05, 4.69) is 5.48 Å². The normalized spacial score (nSPS) is 12.3. The zero-order valence-corrected chi connectivity index (χ0v) is 10.1. The SMILES string of the molecule is CONC(CC(=O)c1ccccc1)c1ccco1. The topological polar surface area (TPSA) is 51.5 Å². The van der Waals surface area contributed by atoms with Gasteiger partial charge in [0.15, 0.2) is 5.78 Å². The second-order valence-electron chi connectivity index (χ2n) is 3.88. The fourth-order valence-electron chi connectivity index (χ4n) is 1.76. The van der Waals surface area contributed by atoms with Crippen LogP contribution in [-0.4, -0.2) is 12.9 Å². The maximum absolute atomic E-state index is 12.1. The first-order chi connectivity index (χ1) is 8.81. The standard InChI is InChI=1S/C14H15NO3/c1-17-15-12(14-8-5-9-18-14)10-13(16)11-6-3-2-4-7-11/h2-9,12,15H,10H2,1H3. The number of furan rings is 1. The van der Waals surface area contributed by atoms with E-state index < -0.39 is 0 Å². The van der Waals surface area contributed by atoms with Gasteiger partial charge < -0.3 is 9.25 Å². The summed E-state index contributed by atoms with van der Waals surface area (Å²) in [5.41, 5.74) is 3.46. The van der Waals surface area contributed by atoms with E-state index >= 15 is 0 Å². The Hall–Kier alpha value is -1.91. The van der Waals surface area contributed by atoms with Gasteiger partial charge in [0.1, 0.15) is 5.76 Å². The summed E-state index contributed by atoms with van der Waals surface area (Å²) in [4.78, 5) is 17.0. The molecule has 1 aromatic carbocycles. The van der Waals surface area contributed by atoms with Crippen LogP contribution in [0.15, 0.2) is 53.1 Å². The van der Waals surface area contributed by atoms with Crippen molar-refractivity contribution in [3.63, 3.8) is 0 Å². The molecule has 0 fully saturated rings. The molecule has 1 atom stereocenters. The maximum Gasteiger partial charge on any atom is 0.164 e. The molecule has 2 rings (SSSR count). The smallest absolute Gasteiger partial charge is 0.164 e. The molecule has 0 spiro atoms. The van der Waals surface area contributed by atoms with Crippen molar-refractivity contribution in [1.29, 1.82) is 0 Å². The largest absolute Gasteiger partial charge is 0.468 e. The molecule has 0 saturated heterocycles. The molecule has 0 aliphatic rings. The van der Waals surface area contributed by atoms with Crippen molar-refractivity contribution in [2.45, 2.75) is 12.5 Å². The summed E-state index contributed by atoms with van der Waals surface area (Å²) in [5.74, 6) is 0.725. The molecule has 94 valence electrons. The molecule has 0 aliphatic heterocycles. The lowest BCUT2D eigenvalue weighted by Gasteiger charge is -2.13. The van der Waals surface area contributed by atoms with Crippen LogP contribution in [0.4, 0.5) is 0 Å². The monoisotopic (exact) mass is 245 g/mol. The van der Waals surface area contributed by atoms with Gasteiger partial charge in [-0.25, -0.2) is 0 Å². The van der Waals surface area contributed by atoms with E-state index in [1.54, 1.807) is 24.5 Å². The van der Waals surface area contributed by atoms with Crippen molar-refractivity contribution in [2.75, 3.05) is 7.11 Å². The lowest BCUT2D eigenvalue weighted by molar-refractivity contribution is 0.0485. The van der Waals surface area contributed by atoms with Gasteiger partial charge in [0, 0.05) is 12.0 Å². The number of nitrogens with one attached hydrogen (secondary N) is 1. The molecule has 4 nitrogen and oxygen atoms in total. The predicted octanol–water partition coefficient (Wildman–Crippen LogP) is 2.74. The number of hydroxylamine groups is 1. The Morgan fingerprint density at radius 3 is 2.67 bits per heavy atom. The second kappa shape index (κ2) is 6.14. The molecule has 4 heteroatoms. The molecular formula is C14H15NO3. The van der Waals surface area contributed by atoms with Gasteiger partial charge in [-0.15, -0.1) is 0 Å². The lowest BCUT2D eigenvalue weighted by Crippen LogP contribution is -2.22. The lowest BCUT2D eigenvalue weighted by atomic mass is 10.0. The molecular weight excluding hydrogens is 230 g/mol. The van der Waals surface area contributed by atoms with Crippen LogP contribution in [0, 0.1) is 0 Å². The van der Waals surface area contributed by atoms with Crippen LogP contribution in [0.25, 0.3) is 0 Å². The van der Waals surface area contributed by atoms with E-state index in [1.807, 2.05) is 24.3 Å². The van der Waals surface area contributed by atoms with Gasteiger partial charge >= 0.3 is 0 Å². The van der Waals surface area contributed by atoms with Gasteiger partial charge in [-0.3, -0.25) is 4.79 Å². The fraction of sp³-hybridized carbons (Fsp3) is 0.214. The highest BCUT2D eigenvalue weighted by Gasteiger charge is 2.19. The minimum Gasteiger partial charge on any atom is -0.468 e. The summed E-state index contributed by atoms with van der Waals surface area (Å²) < 4.78 is 5.29. The molecule has 0 aliphatic carbocycles. The van der Waals surface area contributed by atoms with Crippen molar-refractivity contribution in [3.8, 4) is 0 Å². The highest BCUT2D eigenvalue weighted by molar-refractivity contribution is 5.96. The van der Waals surface area contributed by atoms with E-state index in [1.165, 1.54) is 7.11 Å². The third kappa shape index (κ3) is 3.06. The van der Waals surface area contributed by atoms with E-state index in [9.17, 15) is 4.79 Å². The highest BCUT2D eigenvalue weighted by atomic mass is 16.6. The van der Waals surface area contributed by atoms with E-state index in [0.717, 1.165) is 0 Å². The third-order valence-electron chi connectivity index (χ3n) is 2.63. The first-order valence-corrected chi connectivity index (χ1v) is 5.71. The zero-order chi connectivity index (χ0) is 12.8. The first kappa shape index (κ1) is 12.5. The average Bonchev–Trinajstić information content (AvgIpc) is 2.93. The Kier molecular flexibility index (Phi) is 4.28. The van der Waals surface area contributed by atoms with Gasteiger partial charge in [0.25, 0.3) is 0 Å². The van der Waals surface area contributed by atoms with Gasteiger partial charge in [-0.1, -0.05) is 30.3 Å². The Morgan fingerprint density at radius 2 is 2.06 bits per heavy atom. The molecule has 1 N–H and O–H groups in total. The maximum atomic E-state index is 12.1. The number of hydrogen-bond acceptors (Lipinski definition) is 4. The molecule has 0 bridgehead atoms. The molecule has 1 aromatic heterocycles. The van der Waals surface area contributed by atoms with E-state index in [-0.39, 0.29) is 18.2 Å². The van der Waals surface area contributed by atoms with E-state index in [4.69, 9.17) is 9.25 Å². The van der Waals surface area contributed by atoms with Crippen LogP contribution in [0.5, 0.6) is 0 Å². The van der Waals surface area contributed by atoms with Crippen molar-refractivity contribution < 1.29 is 14.0 Å². The van der Waals surface area contributed by atoms with Crippen LogP contribution in [0.3, 0.4) is 0 Å². The number of carbonyl (C=O) groups excluding carboxylic acids is 1. The summed E-state index contributed by atoms with van der Waals surface area (Å²) in [7, 11) is 1.52. The Morgan fingerprint density at radius 1 is 1.28 bits per heavy atom. The number of benzene rings is 1. The van der Waals surface area contributed by atoms with Gasteiger partial charge in [0.2, 0.25) is 0 Å².